The number of benzene rings is 2. The largest absolute Gasteiger partial charge is 0.480 e. The second-order valence-corrected chi connectivity index (χ2v) is 7.02. The van der Waals surface area contributed by atoms with Crippen molar-refractivity contribution >= 4 is 23.3 Å². The summed E-state index contributed by atoms with van der Waals surface area (Å²) in [6.45, 7) is 5.18. The minimum atomic E-state index is -1.10. The van der Waals surface area contributed by atoms with Crippen molar-refractivity contribution in [1.29, 1.82) is 0 Å². The standard InChI is InChI=1S/C21H20N4O6/c1-12-4-5-13(2)19(6-12)31-18-8-16(7-17(9-18)25(29)30)23-20(26)15-10-22-24(11-15)14(3)21(27)28/h4-11,14H,1-3H3,(H,23,26)(H,27,28). The zero-order valence-electron chi connectivity index (χ0n) is 17.0. The zero-order chi connectivity index (χ0) is 22.7. The summed E-state index contributed by atoms with van der Waals surface area (Å²) < 4.78 is 6.97. The number of nitrogens with zero attached hydrogens (tertiary/aromatic N) is 3. The summed E-state index contributed by atoms with van der Waals surface area (Å²) in [4.78, 5) is 34.4. The Labute approximate surface area is 177 Å². The SMILES string of the molecule is Cc1ccc(C)c(Oc2cc(NC(=O)c3cnn(C(C)C(=O)O)c3)cc([N+](=O)[O-])c2)c1. The fraction of sp³-hybridized carbons (Fsp3) is 0.190. The summed E-state index contributed by atoms with van der Waals surface area (Å²) in [6, 6.07) is 8.61. The number of nitro groups is 1. The van der Waals surface area contributed by atoms with Gasteiger partial charge in [-0.2, -0.15) is 5.10 Å². The van der Waals surface area contributed by atoms with E-state index >= 15 is 0 Å². The highest BCUT2D eigenvalue weighted by atomic mass is 16.6. The van der Waals surface area contributed by atoms with E-state index in [0.29, 0.717) is 5.75 Å². The van der Waals surface area contributed by atoms with Crippen molar-refractivity contribution in [3.05, 3.63) is 75.6 Å². The first-order valence-electron chi connectivity index (χ1n) is 9.27. The van der Waals surface area contributed by atoms with Gasteiger partial charge in [0, 0.05) is 18.3 Å². The van der Waals surface area contributed by atoms with Crippen LogP contribution in [0.5, 0.6) is 11.5 Å². The number of carbonyl (C=O) groups is 2. The van der Waals surface area contributed by atoms with E-state index in [0.717, 1.165) is 15.8 Å². The molecular weight excluding hydrogens is 404 g/mol. The molecule has 0 aliphatic carbocycles. The molecule has 1 unspecified atom stereocenters. The highest BCUT2D eigenvalue weighted by Crippen LogP contribution is 2.32. The molecule has 0 aliphatic rings. The Morgan fingerprint density at radius 3 is 2.65 bits per heavy atom. The maximum atomic E-state index is 12.5. The number of anilines is 1. The van der Waals surface area contributed by atoms with Gasteiger partial charge in [0.1, 0.15) is 17.5 Å². The molecule has 3 rings (SSSR count). The van der Waals surface area contributed by atoms with E-state index in [1.807, 2.05) is 32.0 Å². The van der Waals surface area contributed by atoms with Crippen LogP contribution >= 0.6 is 0 Å². The molecule has 0 spiro atoms. The normalized spacial score (nSPS) is 11.6. The van der Waals surface area contributed by atoms with Crippen LogP contribution < -0.4 is 10.1 Å². The Hall–Kier alpha value is -4.21. The summed E-state index contributed by atoms with van der Waals surface area (Å²) in [7, 11) is 0. The molecule has 10 heteroatoms. The molecule has 1 heterocycles. The molecule has 3 aromatic rings. The fourth-order valence-electron chi connectivity index (χ4n) is 2.75. The molecule has 160 valence electrons. The van der Waals surface area contributed by atoms with E-state index in [4.69, 9.17) is 9.84 Å². The first-order valence-corrected chi connectivity index (χ1v) is 9.27. The van der Waals surface area contributed by atoms with Gasteiger partial charge in [-0.25, -0.2) is 4.79 Å². The van der Waals surface area contributed by atoms with Crippen molar-refractivity contribution < 1.29 is 24.4 Å². The summed E-state index contributed by atoms with van der Waals surface area (Å²) in [5.41, 5.74) is 1.82. The minimum absolute atomic E-state index is 0.108. The van der Waals surface area contributed by atoms with Crippen LogP contribution in [0.4, 0.5) is 11.4 Å². The van der Waals surface area contributed by atoms with Gasteiger partial charge < -0.3 is 15.2 Å². The Morgan fingerprint density at radius 2 is 1.97 bits per heavy atom. The van der Waals surface area contributed by atoms with Crippen LogP contribution in [0.1, 0.15) is 34.5 Å². The number of aryl methyl sites for hydroxylation is 2. The molecule has 1 aromatic heterocycles. The molecule has 0 saturated carbocycles. The van der Waals surface area contributed by atoms with Crippen molar-refractivity contribution in [3.8, 4) is 11.5 Å². The second-order valence-electron chi connectivity index (χ2n) is 7.02. The Balaban J connectivity index is 1.87. The number of non-ortho nitro benzene ring substituents is 1. The molecule has 10 nitrogen and oxygen atoms in total. The number of nitrogens with one attached hydrogen (secondary N) is 1. The average molecular weight is 424 g/mol. The number of carbonyl (C=O) groups excluding carboxylic acids is 1. The predicted molar refractivity (Wildman–Crippen MR) is 112 cm³/mol. The molecule has 1 amide bonds. The van der Waals surface area contributed by atoms with Gasteiger partial charge in [0.05, 0.1) is 28.4 Å². The average Bonchev–Trinajstić information content (AvgIpc) is 3.20. The van der Waals surface area contributed by atoms with Crippen molar-refractivity contribution in [2.75, 3.05) is 5.32 Å². The second kappa shape index (κ2) is 8.66. The summed E-state index contributed by atoms with van der Waals surface area (Å²) in [6.07, 6.45) is 2.51. The van der Waals surface area contributed by atoms with Gasteiger partial charge in [-0.3, -0.25) is 19.6 Å². The maximum Gasteiger partial charge on any atom is 0.328 e. The molecule has 0 aliphatic heterocycles. The lowest BCUT2D eigenvalue weighted by Gasteiger charge is -2.11. The third-order valence-electron chi connectivity index (χ3n) is 4.55. The van der Waals surface area contributed by atoms with E-state index in [-0.39, 0.29) is 22.7 Å². The van der Waals surface area contributed by atoms with E-state index in [9.17, 15) is 19.7 Å². The number of ether oxygens (including phenoxy) is 1. The smallest absolute Gasteiger partial charge is 0.328 e. The number of carboxylic acid groups (broad SMARTS) is 1. The van der Waals surface area contributed by atoms with Gasteiger partial charge in [0.2, 0.25) is 0 Å². The van der Waals surface area contributed by atoms with Crippen LogP contribution in [-0.2, 0) is 4.79 Å². The number of carboxylic acids is 1. The lowest BCUT2D eigenvalue weighted by atomic mass is 10.1. The first-order chi connectivity index (χ1) is 14.6. The van der Waals surface area contributed by atoms with Crippen LogP contribution in [0.2, 0.25) is 0 Å². The van der Waals surface area contributed by atoms with Gasteiger partial charge in [-0.05, 0) is 38.0 Å². The van der Waals surface area contributed by atoms with E-state index < -0.39 is 22.8 Å². The monoisotopic (exact) mass is 424 g/mol. The number of hydrogen-bond donors (Lipinski definition) is 2. The zero-order valence-corrected chi connectivity index (χ0v) is 17.0. The Bertz CT molecular complexity index is 1170. The lowest BCUT2D eigenvalue weighted by Crippen LogP contribution is -2.16. The predicted octanol–water partition coefficient (Wildman–Crippen LogP) is 4.10. The third kappa shape index (κ3) is 5.04. The molecule has 0 fully saturated rings. The van der Waals surface area contributed by atoms with Crippen molar-refractivity contribution in [2.24, 2.45) is 0 Å². The van der Waals surface area contributed by atoms with Crippen molar-refractivity contribution in [2.45, 2.75) is 26.8 Å². The van der Waals surface area contributed by atoms with Gasteiger partial charge in [0.25, 0.3) is 11.6 Å². The number of aromatic nitrogens is 2. The summed E-state index contributed by atoms with van der Waals surface area (Å²) in [5.74, 6) is -0.959. The minimum Gasteiger partial charge on any atom is -0.480 e. The Morgan fingerprint density at radius 1 is 1.23 bits per heavy atom. The third-order valence-corrected chi connectivity index (χ3v) is 4.55. The fourth-order valence-corrected chi connectivity index (χ4v) is 2.75. The topological polar surface area (TPSA) is 137 Å². The lowest BCUT2D eigenvalue weighted by molar-refractivity contribution is -0.384. The van der Waals surface area contributed by atoms with Crippen LogP contribution in [0.15, 0.2) is 48.8 Å². The Kier molecular flexibility index (Phi) is 6.00. The number of rotatable bonds is 7. The highest BCUT2D eigenvalue weighted by Gasteiger charge is 2.18. The molecule has 31 heavy (non-hydrogen) atoms. The van der Waals surface area contributed by atoms with Gasteiger partial charge in [0.15, 0.2) is 0 Å². The van der Waals surface area contributed by atoms with Crippen molar-refractivity contribution in [1.82, 2.24) is 9.78 Å². The van der Waals surface area contributed by atoms with Gasteiger partial charge in [-0.15, -0.1) is 0 Å². The molecule has 1 atom stereocenters. The van der Waals surface area contributed by atoms with Crippen LogP contribution in [-0.4, -0.2) is 31.7 Å². The first kappa shape index (κ1) is 21.5. The van der Waals surface area contributed by atoms with Crippen molar-refractivity contribution in [3.63, 3.8) is 0 Å². The molecule has 2 aromatic carbocycles. The molecule has 2 N–H and O–H groups in total. The number of amides is 1. The van der Waals surface area contributed by atoms with Gasteiger partial charge >= 0.3 is 5.97 Å². The summed E-state index contributed by atoms with van der Waals surface area (Å²) >= 11 is 0. The van der Waals surface area contributed by atoms with E-state index in [2.05, 4.69) is 10.4 Å². The summed E-state index contributed by atoms with van der Waals surface area (Å²) in [5, 5.41) is 26.8. The number of nitro benzene ring substituents is 1. The van der Waals surface area contributed by atoms with Crippen LogP contribution in [0.25, 0.3) is 0 Å². The quantitative estimate of drug-likeness (QED) is 0.430. The molecular formula is C21H20N4O6. The van der Waals surface area contributed by atoms with E-state index in [1.165, 1.54) is 37.5 Å². The molecule has 0 bridgehead atoms. The van der Waals surface area contributed by atoms with E-state index in [1.54, 1.807) is 0 Å². The number of hydrogen-bond acceptors (Lipinski definition) is 6. The van der Waals surface area contributed by atoms with Crippen LogP contribution in [0.3, 0.4) is 0 Å². The highest BCUT2D eigenvalue weighted by molar-refractivity contribution is 6.04. The van der Waals surface area contributed by atoms with Crippen LogP contribution in [0, 0.1) is 24.0 Å². The molecule has 0 radical (unpaired) electrons. The maximum absolute atomic E-state index is 12.5. The molecule has 0 saturated heterocycles. The number of aliphatic carboxylic acids is 1. The van der Waals surface area contributed by atoms with Gasteiger partial charge in [-0.1, -0.05) is 12.1 Å².